The molecule has 45 heavy (non-hydrogen) atoms. The summed E-state index contributed by atoms with van der Waals surface area (Å²) in [6.45, 7) is 4.71. The van der Waals surface area contributed by atoms with Crippen LogP contribution in [0.3, 0.4) is 0 Å². The molecule has 1 aliphatic heterocycles. The van der Waals surface area contributed by atoms with Crippen LogP contribution in [0.2, 0.25) is 0 Å². The van der Waals surface area contributed by atoms with Crippen LogP contribution in [0.5, 0.6) is 11.5 Å². The quantitative estimate of drug-likeness (QED) is 0.229. The van der Waals surface area contributed by atoms with Gasteiger partial charge in [-0.3, -0.25) is 24.0 Å². The third-order valence-corrected chi connectivity index (χ3v) is 7.18. The number of hydrogen-bond donors (Lipinski definition) is 6. The molecular weight excluding hydrogens is 582 g/mol. The first kappa shape index (κ1) is 34.8. The summed E-state index contributed by atoms with van der Waals surface area (Å²) in [6.07, 6.45) is 0.711. The van der Waals surface area contributed by atoms with Crippen molar-refractivity contribution in [3.63, 3.8) is 0 Å². The largest absolute Gasteiger partial charge is 0.497 e. The number of aliphatic hydroxyl groups excluding tert-OH is 1. The van der Waals surface area contributed by atoms with Gasteiger partial charge >= 0.3 is 0 Å². The fourth-order valence-corrected chi connectivity index (χ4v) is 4.69. The van der Waals surface area contributed by atoms with Gasteiger partial charge < -0.3 is 41.2 Å². The number of hydrogen-bond acceptors (Lipinski definition) is 8. The van der Waals surface area contributed by atoms with Crippen LogP contribution >= 0.6 is 0 Å². The highest BCUT2D eigenvalue weighted by Gasteiger charge is 2.31. The summed E-state index contributed by atoms with van der Waals surface area (Å²) in [7, 11) is 1.58. The van der Waals surface area contributed by atoms with Crippen molar-refractivity contribution in [3.05, 3.63) is 59.7 Å². The summed E-state index contributed by atoms with van der Waals surface area (Å²) in [6, 6.07) is 9.79. The number of fused-ring (bicyclic) bond motifs is 1. The fraction of sp³-hybridized carbons (Fsp3) is 0.469. The second-order valence-electron chi connectivity index (χ2n) is 11.2. The van der Waals surface area contributed by atoms with Gasteiger partial charge in [0.15, 0.2) is 0 Å². The summed E-state index contributed by atoms with van der Waals surface area (Å²) in [5.74, 6) is -2.66. The van der Waals surface area contributed by atoms with Gasteiger partial charge in [-0.25, -0.2) is 0 Å². The van der Waals surface area contributed by atoms with E-state index in [9.17, 15) is 29.1 Å². The Balaban J connectivity index is 1.82. The molecule has 13 heteroatoms. The highest BCUT2D eigenvalue weighted by Crippen LogP contribution is 2.19. The maximum absolute atomic E-state index is 13.4. The predicted molar refractivity (Wildman–Crippen MR) is 166 cm³/mol. The van der Waals surface area contributed by atoms with Crippen LogP contribution in [0.4, 0.5) is 0 Å². The summed E-state index contributed by atoms with van der Waals surface area (Å²) < 4.78 is 11.1. The van der Waals surface area contributed by atoms with Gasteiger partial charge in [0.2, 0.25) is 23.6 Å². The molecule has 4 atom stereocenters. The van der Waals surface area contributed by atoms with E-state index < -0.39 is 66.7 Å². The van der Waals surface area contributed by atoms with Crippen molar-refractivity contribution < 1.29 is 38.6 Å². The normalized spacial score (nSPS) is 21.6. The summed E-state index contributed by atoms with van der Waals surface area (Å²) in [4.78, 5) is 65.7. The van der Waals surface area contributed by atoms with Crippen LogP contribution in [0.15, 0.2) is 48.5 Å². The smallest absolute Gasteiger partial charge is 0.255 e. The van der Waals surface area contributed by atoms with Gasteiger partial charge in [-0.15, -0.1) is 0 Å². The Morgan fingerprint density at radius 1 is 1.02 bits per heavy atom. The van der Waals surface area contributed by atoms with Crippen molar-refractivity contribution in [1.29, 1.82) is 0 Å². The second-order valence-corrected chi connectivity index (χ2v) is 11.2. The first-order chi connectivity index (χ1) is 21.5. The zero-order valence-corrected chi connectivity index (χ0v) is 26.1. The topological polar surface area (TPSA) is 184 Å². The molecule has 0 spiro atoms. The molecule has 244 valence electrons. The number of benzene rings is 2. The Morgan fingerprint density at radius 2 is 1.78 bits per heavy atom. The number of aliphatic hydroxyl groups is 1. The maximum Gasteiger partial charge on any atom is 0.255 e. The fourth-order valence-electron chi connectivity index (χ4n) is 4.69. The molecule has 0 radical (unpaired) electrons. The lowest BCUT2D eigenvalue weighted by Crippen LogP contribution is -2.58. The minimum absolute atomic E-state index is 0.00526. The molecule has 3 rings (SSSR count). The van der Waals surface area contributed by atoms with Crippen molar-refractivity contribution in [3.8, 4) is 11.5 Å². The monoisotopic (exact) mass is 625 g/mol. The molecule has 2 aromatic carbocycles. The molecule has 2 aromatic rings. The molecular formula is C32H43N5O8. The van der Waals surface area contributed by atoms with Gasteiger partial charge in [0, 0.05) is 6.54 Å². The minimum atomic E-state index is -1.40. The Kier molecular flexibility index (Phi) is 13.2. The average molecular weight is 626 g/mol. The molecule has 0 saturated heterocycles. The van der Waals surface area contributed by atoms with Crippen molar-refractivity contribution in [2.24, 2.45) is 5.92 Å². The van der Waals surface area contributed by atoms with Crippen molar-refractivity contribution >= 4 is 29.5 Å². The molecule has 0 saturated carbocycles. The Hall–Kier alpha value is -4.65. The molecule has 5 amide bonds. The number of nitrogens with one attached hydrogen (secondary N) is 5. The van der Waals surface area contributed by atoms with Crippen molar-refractivity contribution in [2.75, 3.05) is 26.9 Å². The predicted octanol–water partition coefficient (Wildman–Crippen LogP) is 0.448. The number of rotatable bonds is 8. The minimum Gasteiger partial charge on any atom is -0.497 e. The van der Waals surface area contributed by atoms with E-state index in [-0.39, 0.29) is 30.4 Å². The molecule has 0 unspecified atom stereocenters. The number of methoxy groups -OCH3 is 1. The molecule has 1 aliphatic rings. The van der Waals surface area contributed by atoms with Crippen LogP contribution < -0.4 is 36.1 Å². The standard InChI is InChI=1S/C32H43N5O8/c1-19(2)28-32(43)34-20(3)18-45-26-13-6-5-12-23(26)29(40)36-24(16-27(39)35-25(17-38)31(42)37-28)30(41)33-14-8-10-21-9-7-11-22(15-21)44-4/h5-7,9,11-13,15,19-20,24-25,28,38H,8,10,14,16-18H2,1-4H3,(H,33,41)(H,34,43)(H,35,39)(H,36,40)(H,37,42)/t20-,24-,25-,28+/m0/s1. The summed E-state index contributed by atoms with van der Waals surface area (Å²) in [5.41, 5.74) is 1.15. The number of ether oxygens (including phenoxy) is 2. The van der Waals surface area contributed by atoms with Crippen LogP contribution in [0.1, 0.15) is 49.5 Å². The van der Waals surface area contributed by atoms with E-state index in [0.29, 0.717) is 12.8 Å². The molecule has 0 aliphatic carbocycles. The van der Waals surface area contributed by atoms with E-state index in [1.54, 1.807) is 46.1 Å². The van der Waals surface area contributed by atoms with E-state index in [1.807, 2.05) is 24.3 Å². The molecule has 0 fully saturated rings. The number of aryl methyl sites for hydroxylation is 1. The zero-order valence-electron chi connectivity index (χ0n) is 26.1. The number of carbonyl (C=O) groups excluding carboxylic acids is 5. The third kappa shape index (κ3) is 10.5. The molecule has 1 heterocycles. The summed E-state index contributed by atoms with van der Waals surface area (Å²) >= 11 is 0. The highest BCUT2D eigenvalue weighted by molar-refractivity contribution is 6.01. The molecule has 13 nitrogen and oxygen atoms in total. The first-order valence-corrected chi connectivity index (χ1v) is 15.0. The van der Waals surface area contributed by atoms with E-state index in [1.165, 1.54) is 6.07 Å². The number of carbonyl (C=O) groups is 5. The lowest BCUT2D eigenvalue weighted by molar-refractivity contribution is -0.134. The number of para-hydroxylation sites is 1. The summed E-state index contributed by atoms with van der Waals surface area (Å²) in [5, 5.41) is 23.1. The van der Waals surface area contributed by atoms with Crippen LogP contribution in [0, 0.1) is 5.92 Å². The highest BCUT2D eigenvalue weighted by atomic mass is 16.5. The van der Waals surface area contributed by atoms with E-state index in [2.05, 4.69) is 26.6 Å². The van der Waals surface area contributed by atoms with Gasteiger partial charge in [0.05, 0.1) is 31.7 Å². The Bertz CT molecular complexity index is 1350. The van der Waals surface area contributed by atoms with Gasteiger partial charge in [-0.05, 0) is 55.5 Å². The van der Waals surface area contributed by atoms with Gasteiger partial charge in [-0.1, -0.05) is 38.1 Å². The molecule has 0 aromatic heterocycles. The Morgan fingerprint density at radius 3 is 2.49 bits per heavy atom. The number of amides is 5. The van der Waals surface area contributed by atoms with Crippen LogP contribution in [-0.2, 0) is 25.6 Å². The zero-order chi connectivity index (χ0) is 32.9. The maximum atomic E-state index is 13.4. The van der Waals surface area contributed by atoms with Gasteiger partial charge in [0.1, 0.15) is 36.2 Å². The Labute approximate surface area is 262 Å². The second kappa shape index (κ2) is 17.0. The molecule has 6 N–H and O–H groups in total. The van der Waals surface area contributed by atoms with E-state index in [4.69, 9.17) is 9.47 Å². The SMILES string of the molecule is COc1cccc(CCCNC(=O)[C@@H]2CC(=O)N[C@@H](CO)C(=O)N[C@H](C(C)C)C(=O)N[C@@H](C)COc3ccccc3C(=O)N2)c1. The lowest BCUT2D eigenvalue weighted by atomic mass is 10.0. The first-order valence-electron chi connectivity index (χ1n) is 15.0. The van der Waals surface area contributed by atoms with Crippen LogP contribution in [0.25, 0.3) is 0 Å². The van der Waals surface area contributed by atoms with E-state index in [0.717, 1.165) is 11.3 Å². The van der Waals surface area contributed by atoms with Gasteiger partial charge in [0.25, 0.3) is 5.91 Å². The van der Waals surface area contributed by atoms with Gasteiger partial charge in [-0.2, -0.15) is 0 Å². The van der Waals surface area contributed by atoms with Crippen molar-refractivity contribution in [1.82, 2.24) is 26.6 Å². The average Bonchev–Trinajstić information content (AvgIpc) is 3.02. The van der Waals surface area contributed by atoms with Crippen LogP contribution in [-0.4, -0.2) is 85.7 Å². The lowest BCUT2D eigenvalue weighted by Gasteiger charge is -2.26. The third-order valence-electron chi connectivity index (χ3n) is 7.18. The van der Waals surface area contributed by atoms with E-state index >= 15 is 0 Å². The van der Waals surface area contributed by atoms with Crippen molar-refractivity contribution in [2.45, 2.75) is 64.2 Å². The molecule has 0 bridgehead atoms.